The largest absolute Gasteiger partial charge is 0.480 e. The minimum absolute atomic E-state index is 0.0276. The van der Waals surface area contributed by atoms with Crippen molar-refractivity contribution in [3.05, 3.63) is 28.8 Å². The molecule has 0 heterocycles. The van der Waals surface area contributed by atoms with Gasteiger partial charge in [-0.1, -0.05) is 11.6 Å². The van der Waals surface area contributed by atoms with Gasteiger partial charge in [0.1, 0.15) is 11.4 Å². The van der Waals surface area contributed by atoms with E-state index in [-0.39, 0.29) is 27.9 Å². The first-order chi connectivity index (χ1) is 9.84. The fraction of sp³-hybridized carbons (Fsp3) is 0.385. The lowest BCUT2D eigenvalue weighted by Crippen LogP contribution is -2.37. The average molecular weight is 329 g/mol. The number of rotatable bonds is 6. The predicted molar refractivity (Wildman–Crippen MR) is 75.3 cm³/mol. The molecule has 21 heavy (non-hydrogen) atoms. The standard InChI is InChI=1S/C13H13ClN2O4S/c14-11-4-3-10(6-15)5-12(11)21(19,20)16(8-13(17)18)7-9-1-2-9/h3-5,9H,1-2,7-8H2,(H,17,18). The van der Waals surface area contributed by atoms with Gasteiger partial charge in [0.05, 0.1) is 16.7 Å². The third kappa shape index (κ3) is 3.73. The van der Waals surface area contributed by atoms with E-state index in [0.29, 0.717) is 0 Å². The van der Waals surface area contributed by atoms with E-state index >= 15 is 0 Å². The molecular weight excluding hydrogens is 316 g/mol. The molecule has 1 saturated carbocycles. The Morgan fingerprint density at radius 1 is 1.48 bits per heavy atom. The number of carboxylic acid groups (broad SMARTS) is 1. The summed E-state index contributed by atoms with van der Waals surface area (Å²) >= 11 is 5.91. The van der Waals surface area contributed by atoms with Crippen molar-refractivity contribution >= 4 is 27.6 Å². The maximum atomic E-state index is 12.6. The molecule has 0 bridgehead atoms. The summed E-state index contributed by atoms with van der Waals surface area (Å²) in [7, 11) is -4.05. The van der Waals surface area contributed by atoms with Crippen molar-refractivity contribution in [2.75, 3.05) is 13.1 Å². The van der Waals surface area contributed by atoms with Gasteiger partial charge in [0.15, 0.2) is 0 Å². The number of benzene rings is 1. The maximum absolute atomic E-state index is 12.6. The molecule has 1 aromatic rings. The highest BCUT2D eigenvalue weighted by Crippen LogP contribution is 2.33. The summed E-state index contributed by atoms with van der Waals surface area (Å²) in [5.41, 5.74) is 0.152. The number of aliphatic carboxylic acids is 1. The van der Waals surface area contributed by atoms with Crippen molar-refractivity contribution in [2.24, 2.45) is 5.92 Å². The Kier molecular flexibility index (Phi) is 4.52. The Morgan fingerprint density at radius 2 is 2.14 bits per heavy atom. The van der Waals surface area contributed by atoms with Gasteiger partial charge in [-0.25, -0.2) is 8.42 Å². The van der Waals surface area contributed by atoms with E-state index in [0.717, 1.165) is 17.1 Å². The second kappa shape index (κ2) is 6.02. The van der Waals surface area contributed by atoms with Crippen LogP contribution in [0.3, 0.4) is 0 Å². The zero-order chi connectivity index (χ0) is 15.6. The minimum Gasteiger partial charge on any atom is -0.480 e. The number of nitrogens with zero attached hydrogens (tertiary/aromatic N) is 2. The molecule has 8 heteroatoms. The Morgan fingerprint density at radius 3 is 2.67 bits per heavy atom. The van der Waals surface area contributed by atoms with Gasteiger partial charge in [0.2, 0.25) is 10.0 Å². The van der Waals surface area contributed by atoms with E-state index in [1.807, 2.05) is 6.07 Å². The summed E-state index contributed by atoms with van der Waals surface area (Å²) < 4.78 is 26.1. The van der Waals surface area contributed by atoms with Crippen molar-refractivity contribution < 1.29 is 18.3 Å². The van der Waals surface area contributed by atoms with Gasteiger partial charge in [-0.15, -0.1) is 0 Å². The van der Waals surface area contributed by atoms with Gasteiger partial charge in [0.25, 0.3) is 0 Å². The lowest BCUT2D eigenvalue weighted by Gasteiger charge is -2.20. The number of hydrogen-bond acceptors (Lipinski definition) is 4. The number of carboxylic acids is 1. The van der Waals surface area contributed by atoms with Crippen LogP contribution in [-0.2, 0) is 14.8 Å². The van der Waals surface area contributed by atoms with Crippen LogP contribution in [-0.4, -0.2) is 36.9 Å². The van der Waals surface area contributed by atoms with E-state index in [9.17, 15) is 13.2 Å². The Balaban J connectivity index is 2.41. The molecule has 1 aliphatic rings. The molecule has 1 fully saturated rings. The number of sulfonamides is 1. The second-order valence-electron chi connectivity index (χ2n) is 4.89. The number of hydrogen-bond donors (Lipinski definition) is 1. The lowest BCUT2D eigenvalue weighted by molar-refractivity contribution is -0.137. The van der Waals surface area contributed by atoms with Crippen LogP contribution in [0.5, 0.6) is 0 Å². The van der Waals surface area contributed by atoms with Crippen LogP contribution in [0.2, 0.25) is 5.02 Å². The first-order valence-corrected chi connectivity index (χ1v) is 8.08. The molecule has 1 N–H and O–H groups in total. The van der Waals surface area contributed by atoms with E-state index in [2.05, 4.69) is 0 Å². The van der Waals surface area contributed by atoms with Crippen molar-refractivity contribution in [1.82, 2.24) is 4.31 Å². The summed E-state index contributed by atoms with van der Waals surface area (Å²) in [6.45, 7) is -0.465. The molecule has 0 radical (unpaired) electrons. The van der Waals surface area contributed by atoms with Crippen molar-refractivity contribution in [2.45, 2.75) is 17.7 Å². The van der Waals surface area contributed by atoms with Gasteiger partial charge in [-0.2, -0.15) is 9.57 Å². The van der Waals surface area contributed by atoms with Crippen LogP contribution >= 0.6 is 11.6 Å². The molecule has 0 aromatic heterocycles. The summed E-state index contributed by atoms with van der Waals surface area (Å²) in [6, 6.07) is 5.74. The fourth-order valence-corrected chi connectivity index (χ4v) is 3.86. The highest BCUT2D eigenvalue weighted by molar-refractivity contribution is 7.89. The number of halogens is 1. The molecule has 0 atom stereocenters. The zero-order valence-electron chi connectivity index (χ0n) is 11.0. The molecule has 0 unspecified atom stereocenters. The normalized spacial score (nSPS) is 14.9. The first kappa shape index (κ1) is 15.8. The molecule has 0 spiro atoms. The second-order valence-corrected chi connectivity index (χ2v) is 7.21. The summed E-state index contributed by atoms with van der Waals surface area (Å²) in [5, 5.41) is 17.7. The molecule has 112 valence electrons. The topological polar surface area (TPSA) is 98.5 Å². The van der Waals surface area contributed by atoms with Crippen molar-refractivity contribution in [1.29, 1.82) is 5.26 Å². The van der Waals surface area contributed by atoms with E-state index in [1.54, 1.807) is 0 Å². The van der Waals surface area contributed by atoms with Gasteiger partial charge in [-0.05, 0) is 37.0 Å². The molecule has 1 aromatic carbocycles. The van der Waals surface area contributed by atoms with Gasteiger partial charge < -0.3 is 5.11 Å². The molecule has 0 aliphatic heterocycles. The molecule has 0 saturated heterocycles. The van der Waals surface area contributed by atoms with E-state index in [1.165, 1.54) is 18.2 Å². The molecule has 1 aliphatic carbocycles. The van der Waals surface area contributed by atoms with E-state index < -0.39 is 22.5 Å². The van der Waals surface area contributed by atoms with Crippen LogP contribution in [0.15, 0.2) is 23.1 Å². The van der Waals surface area contributed by atoms with Crippen LogP contribution in [0.4, 0.5) is 0 Å². The monoisotopic (exact) mass is 328 g/mol. The summed E-state index contributed by atoms with van der Waals surface area (Å²) in [4.78, 5) is 10.7. The van der Waals surface area contributed by atoms with Crippen LogP contribution < -0.4 is 0 Å². The van der Waals surface area contributed by atoms with Crippen LogP contribution in [0.1, 0.15) is 18.4 Å². The highest BCUT2D eigenvalue weighted by atomic mass is 35.5. The van der Waals surface area contributed by atoms with Gasteiger partial charge in [0, 0.05) is 6.54 Å². The van der Waals surface area contributed by atoms with Crippen molar-refractivity contribution in [3.63, 3.8) is 0 Å². The van der Waals surface area contributed by atoms with Crippen LogP contribution in [0, 0.1) is 17.2 Å². The third-order valence-corrected chi connectivity index (χ3v) is 5.44. The molecule has 0 amide bonds. The van der Waals surface area contributed by atoms with Crippen LogP contribution in [0.25, 0.3) is 0 Å². The summed E-state index contributed by atoms with van der Waals surface area (Å²) in [6.07, 6.45) is 1.77. The highest BCUT2D eigenvalue weighted by Gasteiger charge is 2.34. The smallest absolute Gasteiger partial charge is 0.318 e. The average Bonchev–Trinajstić information content (AvgIpc) is 3.22. The summed E-state index contributed by atoms with van der Waals surface area (Å²) in [5.74, 6) is -1.04. The molecular formula is C13H13ClN2O4S. The third-order valence-electron chi connectivity index (χ3n) is 3.15. The number of carbonyl (C=O) groups is 1. The lowest BCUT2D eigenvalue weighted by atomic mass is 10.2. The zero-order valence-corrected chi connectivity index (χ0v) is 12.6. The Bertz CT molecular complexity index is 707. The SMILES string of the molecule is N#Cc1ccc(Cl)c(S(=O)(=O)N(CC(=O)O)CC2CC2)c1. The molecule has 2 rings (SSSR count). The molecule has 6 nitrogen and oxygen atoms in total. The Hall–Kier alpha value is -1.62. The van der Waals surface area contributed by atoms with Gasteiger partial charge >= 0.3 is 5.97 Å². The fourth-order valence-electron chi connectivity index (χ4n) is 1.90. The first-order valence-electron chi connectivity index (χ1n) is 6.26. The minimum atomic E-state index is -4.05. The Labute approximate surface area is 127 Å². The van der Waals surface area contributed by atoms with E-state index in [4.69, 9.17) is 22.0 Å². The number of nitriles is 1. The predicted octanol–water partition coefficient (Wildman–Crippen LogP) is 1.70. The van der Waals surface area contributed by atoms with Gasteiger partial charge in [-0.3, -0.25) is 4.79 Å². The quantitative estimate of drug-likeness (QED) is 0.856. The maximum Gasteiger partial charge on any atom is 0.318 e. The van der Waals surface area contributed by atoms with Crippen molar-refractivity contribution in [3.8, 4) is 6.07 Å².